The van der Waals surface area contributed by atoms with Crippen LogP contribution in [-0.4, -0.2) is 30.9 Å². The summed E-state index contributed by atoms with van der Waals surface area (Å²) in [6.45, 7) is 2.93. The molecular weight excluding hydrogens is 306 g/mol. The van der Waals surface area contributed by atoms with Crippen LogP contribution in [0.1, 0.15) is 37.4 Å². The van der Waals surface area contributed by atoms with Crippen molar-refractivity contribution in [2.75, 3.05) is 14.1 Å². The van der Waals surface area contributed by atoms with E-state index in [0.29, 0.717) is 30.1 Å². The molecule has 0 spiro atoms. The fraction of sp³-hybridized carbons (Fsp3) is 0.263. The van der Waals surface area contributed by atoms with E-state index < -0.39 is 5.97 Å². The zero-order chi connectivity index (χ0) is 17.3. The Morgan fingerprint density at radius 2 is 1.71 bits per heavy atom. The molecular formula is C19H19NO4. The Labute approximate surface area is 140 Å². The predicted octanol–water partition coefficient (Wildman–Crippen LogP) is 2.95. The number of aryl methyl sites for hydroxylation is 1. The Bertz CT molecular complexity index is 811. The Morgan fingerprint density at radius 1 is 1.00 bits per heavy atom. The standard InChI is InChI=1S/C19H19NO4/c1-12-4-5-13(18(21)20(2)3)9-17(12)24-19(22)14-6-7-15-10-23-11-16(15)8-14/h4-9H,10-11H2,1-3H3. The first-order valence-electron chi connectivity index (χ1n) is 7.70. The van der Waals surface area contributed by atoms with Crippen molar-refractivity contribution in [1.29, 1.82) is 0 Å². The minimum absolute atomic E-state index is 0.137. The summed E-state index contributed by atoms with van der Waals surface area (Å²) in [6.07, 6.45) is 0. The van der Waals surface area contributed by atoms with Gasteiger partial charge in [-0.3, -0.25) is 4.79 Å². The van der Waals surface area contributed by atoms with E-state index in [4.69, 9.17) is 9.47 Å². The summed E-state index contributed by atoms with van der Waals surface area (Å²) in [5.41, 5.74) is 3.86. The fourth-order valence-electron chi connectivity index (χ4n) is 2.56. The number of carbonyl (C=O) groups excluding carboxylic acids is 2. The van der Waals surface area contributed by atoms with Crippen LogP contribution in [0.15, 0.2) is 36.4 Å². The van der Waals surface area contributed by atoms with Crippen LogP contribution in [0.5, 0.6) is 5.75 Å². The molecule has 0 radical (unpaired) electrons. The van der Waals surface area contributed by atoms with Gasteiger partial charge in [-0.25, -0.2) is 4.79 Å². The molecule has 124 valence electrons. The van der Waals surface area contributed by atoms with Gasteiger partial charge in [0.15, 0.2) is 0 Å². The van der Waals surface area contributed by atoms with E-state index in [0.717, 1.165) is 16.7 Å². The van der Waals surface area contributed by atoms with Gasteiger partial charge in [-0.15, -0.1) is 0 Å². The molecule has 5 heteroatoms. The molecule has 0 saturated heterocycles. The van der Waals surface area contributed by atoms with E-state index in [9.17, 15) is 9.59 Å². The smallest absolute Gasteiger partial charge is 0.343 e. The summed E-state index contributed by atoms with van der Waals surface area (Å²) >= 11 is 0. The molecule has 1 aliphatic rings. The zero-order valence-electron chi connectivity index (χ0n) is 14.0. The number of hydrogen-bond acceptors (Lipinski definition) is 4. The van der Waals surface area contributed by atoms with Gasteiger partial charge < -0.3 is 14.4 Å². The van der Waals surface area contributed by atoms with Gasteiger partial charge in [0.2, 0.25) is 0 Å². The number of ether oxygens (including phenoxy) is 2. The summed E-state index contributed by atoms with van der Waals surface area (Å²) in [7, 11) is 3.36. The highest BCUT2D eigenvalue weighted by Crippen LogP contribution is 2.24. The maximum atomic E-state index is 12.4. The molecule has 0 saturated carbocycles. The Kier molecular flexibility index (Phi) is 4.36. The minimum atomic E-state index is -0.442. The second kappa shape index (κ2) is 6.45. The number of nitrogens with zero attached hydrogens (tertiary/aromatic N) is 1. The highest BCUT2D eigenvalue weighted by atomic mass is 16.5. The Balaban J connectivity index is 1.84. The van der Waals surface area contributed by atoms with Crippen LogP contribution < -0.4 is 4.74 Å². The van der Waals surface area contributed by atoms with Crippen molar-refractivity contribution in [3.63, 3.8) is 0 Å². The van der Waals surface area contributed by atoms with Gasteiger partial charge in [0.1, 0.15) is 5.75 Å². The lowest BCUT2D eigenvalue weighted by Crippen LogP contribution is -2.21. The lowest BCUT2D eigenvalue weighted by atomic mass is 10.1. The van der Waals surface area contributed by atoms with E-state index >= 15 is 0 Å². The second-order valence-corrected chi connectivity index (χ2v) is 6.05. The molecule has 0 fully saturated rings. The molecule has 1 amide bonds. The molecule has 5 nitrogen and oxygen atoms in total. The quantitative estimate of drug-likeness (QED) is 0.643. The highest BCUT2D eigenvalue weighted by Gasteiger charge is 2.17. The number of carbonyl (C=O) groups is 2. The summed E-state index contributed by atoms with van der Waals surface area (Å²) in [5, 5.41) is 0. The molecule has 0 aromatic heterocycles. The third-order valence-corrected chi connectivity index (χ3v) is 4.00. The normalized spacial score (nSPS) is 12.6. The summed E-state index contributed by atoms with van der Waals surface area (Å²) in [5.74, 6) is -0.186. The van der Waals surface area contributed by atoms with Crippen molar-refractivity contribution in [1.82, 2.24) is 4.90 Å². The van der Waals surface area contributed by atoms with Gasteiger partial charge in [-0.05, 0) is 47.9 Å². The lowest BCUT2D eigenvalue weighted by Gasteiger charge is -2.13. The first-order valence-corrected chi connectivity index (χ1v) is 7.70. The highest BCUT2D eigenvalue weighted by molar-refractivity contribution is 5.95. The van der Waals surface area contributed by atoms with Crippen LogP contribution in [-0.2, 0) is 18.0 Å². The molecule has 1 heterocycles. The number of rotatable bonds is 3. The number of fused-ring (bicyclic) bond motifs is 1. The summed E-state index contributed by atoms with van der Waals surface area (Å²) in [4.78, 5) is 26.0. The summed E-state index contributed by atoms with van der Waals surface area (Å²) < 4.78 is 10.9. The second-order valence-electron chi connectivity index (χ2n) is 6.05. The van der Waals surface area contributed by atoms with Crippen molar-refractivity contribution in [3.05, 3.63) is 64.2 Å². The largest absolute Gasteiger partial charge is 0.423 e. The van der Waals surface area contributed by atoms with Crippen molar-refractivity contribution in [2.24, 2.45) is 0 Å². The monoisotopic (exact) mass is 325 g/mol. The first kappa shape index (κ1) is 16.2. The molecule has 2 aromatic rings. The van der Waals surface area contributed by atoms with Gasteiger partial charge in [0.05, 0.1) is 18.8 Å². The molecule has 3 rings (SSSR count). The Hall–Kier alpha value is -2.66. The number of benzene rings is 2. The molecule has 0 unspecified atom stereocenters. The third kappa shape index (κ3) is 3.16. The van der Waals surface area contributed by atoms with Crippen LogP contribution >= 0.6 is 0 Å². The number of hydrogen-bond donors (Lipinski definition) is 0. The average molecular weight is 325 g/mol. The SMILES string of the molecule is Cc1ccc(C(=O)N(C)C)cc1OC(=O)c1ccc2c(c1)COC2. The fourth-order valence-corrected chi connectivity index (χ4v) is 2.56. The molecule has 0 aliphatic carbocycles. The number of esters is 1. The van der Waals surface area contributed by atoms with Crippen molar-refractivity contribution >= 4 is 11.9 Å². The van der Waals surface area contributed by atoms with E-state index in [1.54, 1.807) is 44.4 Å². The van der Waals surface area contributed by atoms with Crippen molar-refractivity contribution in [2.45, 2.75) is 20.1 Å². The first-order chi connectivity index (χ1) is 11.5. The van der Waals surface area contributed by atoms with E-state index in [-0.39, 0.29) is 5.91 Å². The molecule has 1 aliphatic heterocycles. The molecule has 0 N–H and O–H groups in total. The van der Waals surface area contributed by atoms with E-state index in [2.05, 4.69) is 0 Å². The van der Waals surface area contributed by atoms with Gasteiger partial charge >= 0.3 is 5.97 Å². The van der Waals surface area contributed by atoms with E-state index in [1.807, 2.05) is 13.0 Å². The van der Waals surface area contributed by atoms with Crippen LogP contribution in [0, 0.1) is 6.92 Å². The van der Waals surface area contributed by atoms with Crippen molar-refractivity contribution in [3.8, 4) is 5.75 Å². The molecule has 2 aromatic carbocycles. The van der Waals surface area contributed by atoms with Gasteiger partial charge in [-0.2, -0.15) is 0 Å². The topological polar surface area (TPSA) is 55.8 Å². The average Bonchev–Trinajstić information content (AvgIpc) is 3.03. The molecule has 0 bridgehead atoms. The van der Waals surface area contributed by atoms with Crippen LogP contribution in [0.25, 0.3) is 0 Å². The summed E-state index contributed by atoms with van der Waals surface area (Å²) in [6, 6.07) is 10.5. The molecule has 24 heavy (non-hydrogen) atoms. The molecule has 0 atom stereocenters. The van der Waals surface area contributed by atoms with E-state index in [1.165, 1.54) is 4.90 Å². The van der Waals surface area contributed by atoms with Crippen molar-refractivity contribution < 1.29 is 19.1 Å². The van der Waals surface area contributed by atoms with Gasteiger partial charge in [0, 0.05) is 19.7 Å². The van der Waals surface area contributed by atoms with Gasteiger partial charge in [0.25, 0.3) is 5.91 Å². The lowest BCUT2D eigenvalue weighted by molar-refractivity contribution is 0.0730. The minimum Gasteiger partial charge on any atom is -0.423 e. The number of amides is 1. The predicted molar refractivity (Wildman–Crippen MR) is 89.1 cm³/mol. The van der Waals surface area contributed by atoms with Crippen LogP contribution in [0.4, 0.5) is 0 Å². The zero-order valence-corrected chi connectivity index (χ0v) is 14.0. The van der Waals surface area contributed by atoms with Gasteiger partial charge in [-0.1, -0.05) is 12.1 Å². The van der Waals surface area contributed by atoms with Crippen LogP contribution in [0.2, 0.25) is 0 Å². The third-order valence-electron chi connectivity index (χ3n) is 4.00. The maximum Gasteiger partial charge on any atom is 0.343 e. The van der Waals surface area contributed by atoms with Crippen LogP contribution in [0.3, 0.4) is 0 Å². The Morgan fingerprint density at radius 3 is 2.46 bits per heavy atom. The maximum absolute atomic E-state index is 12.4.